The first kappa shape index (κ1) is 29.5. The Morgan fingerprint density at radius 2 is 1.75 bits per heavy atom. The molecule has 6 rings (SSSR count). The molecule has 3 aromatic carbocycles. The summed E-state index contributed by atoms with van der Waals surface area (Å²) in [6.45, 7) is 0.531. The number of carbonyl (C=O) groups excluding carboxylic acids is 1. The number of hydrogen-bond donors (Lipinski definition) is 4. The molecule has 2 aliphatic rings. The average molecular weight is 627 g/mol. The van der Waals surface area contributed by atoms with Crippen LogP contribution in [0.4, 0.5) is 40.7 Å². The molecule has 0 unspecified atom stereocenters. The van der Waals surface area contributed by atoms with Crippen LogP contribution < -0.4 is 20.7 Å². The monoisotopic (exact) mass is 626 g/mol. The summed E-state index contributed by atoms with van der Waals surface area (Å²) in [4.78, 5) is 22.1. The van der Waals surface area contributed by atoms with Crippen LogP contribution in [0.5, 0.6) is 0 Å². The highest BCUT2D eigenvalue weighted by atomic mass is 32.2. The Morgan fingerprint density at radius 3 is 2.45 bits per heavy atom. The maximum absolute atomic E-state index is 15.3. The number of nitrogens with one attached hydrogen (secondary N) is 4. The van der Waals surface area contributed by atoms with Gasteiger partial charge in [0.2, 0.25) is 21.9 Å². The molecule has 4 bridgehead atoms. The Balaban J connectivity index is 1.23. The highest BCUT2D eigenvalue weighted by Gasteiger charge is 2.51. The van der Waals surface area contributed by atoms with Gasteiger partial charge in [-0.15, -0.1) is 0 Å². The lowest BCUT2D eigenvalue weighted by Gasteiger charge is -2.18. The van der Waals surface area contributed by atoms with Gasteiger partial charge in [-0.2, -0.15) is 18.2 Å². The quantitative estimate of drug-likeness (QED) is 0.211. The molecule has 14 heteroatoms. The lowest BCUT2D eigenvalue weighted by molar-refractivity contribution is -0.137. The molecule has 44 heavy (non-hydrogen) atoms. The molecule has 0 atom stereocenters. The van der Waals surface area contributed by atoms with Crippen LogP contribution in [0.3, 0.4) is 0 Å². The Morgan fingerprint density at radius 1 is 0.977 bits per heavy atom. The topological polar surface area (TPSA) is 125 Å². The van der Waals surface area contributed by atoms with E-state index >= 15 is 4.39 Å². The zero-order chi connectivity index (χ0) is 31.1. The molecular formula is C30H26F4N6O3S. The third-order valence-corrected chi connectivity index (χ3v) is 9.06. The van der Waals surface area contributed by atoms with E-state index in [1.807, 2.05) is 0 Å². The van der Waals surface area contributed by atoms with E-state index in [1.165, 1.54) is 42.6 Å². The van der Waals surface area contributed by atoms with E-state index in [9.17, 15) is 26.4 Å². The first-order valence-electron chi connectivity index (χ1n) is 13.7. The zero-order valence-corrected chi connectivity index (χ0v) is 23.8. The van der Waals surface area contributed by atoms with Crippen LogP contribution >= 0.6 is 0 Å². The molecule has 0 radical (unpaired) electrons. The Hall–Kier alpha value is -4.56. The first-order valence-corrected chi connectivity index (χ1v) is 15.2. The van der Waals surface area contributed by atoms with Gasteiger partial charge in [-0.1, -0.05) is 24.3 Å². The van der Waals surface area contributed by atoms with E-state index in [0.717, 1.165) is 12.1 Å². The molecule has 1 saturated carbocycles. The molecule has 0 spiro atoms. The molecule has 228 valence electrons. The minimum Gasteiger partial charge on any atom is -0.369 e. The largest absolute Gasteiger partial charge is 0.416 e. The SMILES string of the molecule is O=C(Nc1ccc(-c2cnc3nc2NCCCNS(=O)(=O)c2cccc(c2)N3)cc1F)C1(c2ccc(C(F)(F)F)cc2)CC1. The highest BCUT2D eigenvalue weighted by molar-refractivity contribution is 7.89. The molecule has 9 nitrogen and oxygen atoms in total. The molecular weight excluding hydrogens is 600 g/mol. The van der Waals surface area contributed by atoms with Crippen LogP contribution in [0.25, 0.3) is 11.1 Å². The number of rotatable bonds is 4. The number of benzene rings is 3. The number of fused-ring (bicyclic) bond motifs is 4. The van der Waals surface area contributed by atoms with Gasteiger partial charge in [0.05, 0.1) is 21.6 Å². The standard InChI is InChI=1S/C30H26F4N6O3S/c31-24-15-18(5-10-25(24)39-27(41)29(11-12-29)19-6-8-20(9-7-19)30(32,33)34)23-17-36-28-38-21-3-1-4-22(16-21)44(42,43)37-14-2-13-35-26(23)40-28/h1,3-10,15-17,37H,2,11-14H2,(H,39,41)(H2,35,36,38,40). The van der Waals surface area contributed by atoms with Gasteiger partial charge in [0.15, 0.2) is 0 Å². The maximum atomic E-state index is 15.3. The Labute approximate surface area is 250 Å². The number of amides is 1. The Bertz CT molecular complexity index is 1840. The van der Waals surface area contributed by atoms with Crippen molar-refractivity contribution in [1.82, 2.24) is 14.7 Å². The van der Waals surface area contributed by atoms with E-state index < -0.39 is 38.9 Å². The summed E-state index contributed by atoms with van der Waals surface area (Å²) in [5.74, 6) is -0.636. The van der Waals surface area contributed by atoms with E-state index in [0.29, 0.717) is 54.0 Å². The summed E-state index contributed by atoms with van der Waals surface area (Å²) in [6, 6.07) is 14.9. The molecule has 2 heterocycles. The van der Waals surface area contributed by atoms with Gasteiger partial charge in [-0.05, 0) is 72.9 Å². The minimum atomic E-state index is -4.49. The highest BCUT2D eigenvalue weighted by Crippen LogP contribution is 2.49. The fourth-order valence-electron chi connectivity index (χ4n) is 5.02. The van der Waals surface area contributed by atoms with Crippen molar-refractivity contribution in [3.05, 3.63) is 89.9 Å². The van der Waals surface area contributed by atoms with Crippen molar-refractivity contribution < 1.29 is 30.8 Å². The summed E-state index contributed by atoms with van der Waals surface area (Å²) < 4.78 is 82.0. The number of alkyl halides is 3. The summed E-state index contributed by atoms with van der Waals surface area (Å²) in [5, 5.41) is 8.75. The van der Waals surface area contributed by atoms with Crippen molar-refractivity contribution in [2.75, 3.05) is 29.0 Å². The van der Waals surface area contributed by atoms with Gasteiger partial charge in [-0.3, -0.25) is 4.79 Å². The normalized spacial score (nSPS) is 17.1. The molecule has 1 aliphatic carbocycles. The van der Waals surface area contributed by atoms with Crippen molar-refractivity contribution in [2.45, 2.75) is 35.7 Å². The lowest BCUT2D eigenvalue weighted by atomic mass is 9.93. The van der Waals surface area contributed by atoms with E-state index in [-0.39, 0.29) is 23.1 Å². The van der Waals surface area contributed by atoms with Crippen LogP contribution in [0.2, 0.25) is 0 Å². The average Bonchev–Trinajstić information content (AvgIpc) is 3.80. The van der Waals surface area contributed by atoms with Gasteiger partial charge in [-0.25, -0.2) is 22.5 Å². The third-order valence-electron chi connectivity index (χ3n) is 7.61. The van der Waals surface area contributed by atoms with Gasteiger partial charge in [0.1, 0.15) is 11.6 Å². The van der Waals surface area contributed by atoms with Crippen LogP contribution in [0.1, 0.15) is 30.4 Å². The summed E-state index contributed by atoms with van der Waals surface area (Å²) in [7, 11) is -3.70. The molecule has 4 N–H and O–H groups in total. The van der Waals surface area contributed by atoms with Crippen molar-refractivity contribution >= 4 is 39.1 Å². The second-order valence-electron chi connectivity index (χ2n) is 10.6. The number of carbonyl (C=O) groups is 1. The smallest absolute Gasteiger partial charge is 0.369 e. The van der Waals surface area contributed by atoms with E-state index in [4.69, 9.17) is 0 Å². The van der Waals surface area contributed by atoms with E-state index in [2.05, 4.69) is 30.6 Å². The number of hydrogen-bond acceptors (Lipinski definition) is 7. The fourth-order valence-corrected chi connectivity index (χ4v) is 6.14. The zero-order valence-electron chi connectivity index (χ0n) is 23.0. The molecule has 1 fully saturated rings. The number of sulfonamides is 1. The van der Waals surface area contributed by atoms with Crippen molar-refractivity contribution in [2.24, 2.45) is 0 Å². The van der Waals surface area contributed by atoms with Gasteiger partial charge >= 0.3 is 6.18 Å². The predicted molar refractivity (Wildman–Crippen MR) is 156 cm³/mol. The summed E-state index contributed by atoms with van der Waals surface area (Å²) >= 11 is 0. The molecule has 1 aromatic heterocycles. The van der Waals surface area contributed by atoms with Crippen molar-refractivity contribution in [1.29, 1.82) is 0 Å². The second-order valence-corrected chi connectivity index (χ2v) is 12.4. The minimum absolute atomic E-state index is 0.0730. The van der Waals surface area contributed by atoms with Crippen LogP contribution in [-0.4, -0.2) is 37.4 Å². The van der Waals surface area contributed by atoms with Crippen molar-refractivity contribution in [3.8, 4) is 11.1 Å². The van der Waals surface area contributed by atoms with Crippen LogP contribution in [0.15, 0.2) is 77.8 Å². The predicted octanol–water partition coefficient (Wildman–Crippen LogP) is 5.81. The van der Waals surface area contributed by atoms with E-state index in [1.54, 1.807) is 18.2 Å². The van der Waals surface area contributed by atoms with Crippen LogP contribution in [0, 0.1) is 5.82 Å². The number of halogens is 4. The maximum Gasteiger partial charge on any atom is 0.416 e. The van der Waals surface area contributed by atoms with Crippen molar-refractivity contribution in [3.63, 3.8) is 0 Å². The van der Waals surface area contributed by atoms with Gasteiger partial charge < -0.3 is 16.0 Å². The molecule has 1 amide bonds. The molecule has 0 saturated heterocycles. The Kier molecular flexibility index (Phi) is 7.49. The molecule has 1 aliphatic heterocycles. The number of aromatic nitrogens is 2. The summed E-state index contributed by atoms with van der Waals surface area (Å²) in [5.41, 5.74) is -0.101. The second kappa shape index (κ2) is 11.2. The van der Waals surface area contributed by atoms with Gasteiger partial charge in [0.25, 0.3) is 0 Å². The number of nitrogens with zero attached hydrogens (tertiary/aromatic N) is 2. The van der Waals surface area contributed by atoms with Crippen LogP contribution in [-0.2, 0) is 26.4 Å². The first-order chi connectivity index (χ1) is 20.9. The number of anilines is 4. The van der Waals surface area contributed by atoms with Gasteiger partial charge in [0, 0.05) is 30.5 Å². The third kappa shape index (κ3) is 5.95. The summed E-state index contributed by atoms with van der Waals surface area (Å²) in [6.07, 6.45) is -1.68. The molecule has 4 aromatic rings. The fraction of sp³-hybridized carbons (Fsp3) is 0.233. The lowest BCUT2D eigenvalue weighted by Crippen LogP contribution is -2.28.